The Kier molecular flexibility index (Phi) is 2.64. The van der Waals surface area contributed by atoms with Crippen molar-refractivity contribution in [2.45, 2.75) is 13.5 Å². The third-order valence-corrected chi connectivity index (χ3v) is 2.79. The zero-order valence-electron chi connectivity index (χ0n) is 8.44. The first-order valence-corrected chi connectivity index (χ1v) is 5.07. The van der Waals surface area contributed by atoms with E-state index >= 15 is 0 Å². The molecule has 2 rings (SSSR count). The SMILES string of the molecule is Cc1c(N)cnn1Cc1ccccc1Cl. The number of rotatable bonds is 2. The van der Waals surface area contributed by atoms with Crippen LogP contribution in [0.2, 0.25) is 5.02 Å². The van der Waals surface area contributed by atoms with Crippen LogP contribution in [0.3, 0.4) is 0 Å². The smallest absolute Gasteiger partial charge is 0.0730 e. The summed E-state index contributed by atoms with van der Waals surface area (Å²) in [5.41, 5.74) is 8.44. The van der Waals surface area contributed by atoms with E-state index in [0.717, 1.165) is 16.3 Å². The molecule has 2 N–H and O–H groups in total. The van der Waals surface area contributed by atoms with Crippen LogP contribution in [0.5, 0.6) is 0 Å². The van der Waals surface area contributed by atoms with Gasteiger partial charge in [0.1, 0.15) is 0 Å². The highest BCUT2D eigenvalue weighted by atomic mass is 35.5. The lowest BCUT2D eigenvalue weighted by Gasteiger charge is -2.06. The van der Waals surface area contributed by atoms with E-state index in [9.17, 15) is 0 Å². The van der Waals surface area contributed by atoms with Gasteiger partial charge in [-0.05, 0) is 18.6 Å². The van der Waals surface area contributed by atoms with Crippen molar-refractivity contribution in [1.82, 2.24) is 9.78 Å². The third-order valence-electron chi connectivity index (χ3n) is 2.42. The molecule has 0 amide bonds. The number of benzene rings is 1. The largest absolute Gasteiger partial charge is 0.396 e. The van der Waals surface area contributed by atoms with Crippen LogP contribution < -0.4 is 5.73 Å². The molecule has 0 aliphatic carbocycles. The van der Waals surface area contributed by atoms with E-state index in [2.05, 4.69) is 5.10 Å². The summed E-state index contributed by atoms with van der Waals surface area (Å²) in [5.74, 6) is 0. The second kappa shape index (κ2) is 3.95. The lowest BCUT2D eigenvalue weighted by Crippen LogP contribution is -2.04. The summed E-state index contributed by atoms with van der Waals surface area (Å²) >= 11 is 6.06. The number of nitrogen functional groups attached to an aromatic ring is 1. The van der Waals surface area contributed by atoms with Crippen molar-refractivity contribution < 1.29 is 0 Å². The summed E-state index contributed by atoms with van der Waals surface area (Å²) < 4.78 is 1.84. The molecule has 0 aliphatic heterocycles. The summed E-state index contributed by atoms with van der Waals surface area (Å²) in [7, 11) is 0. The third kappa shape index (κ3) is 1.97. The predicted molar refractivity (Wildman–Crippen MR) is 61.9 cm³/mol. The Morgan fingerprint density at radius 1 is 1.40 bits per heavy atom. The number of hydrogen-bond acceptors (Lipinski definition) is 2. The molecule has 4 heteroatoms. The van der Waals surface area contributed by atoms with E-state index in [1.807, 2.05) is 35.9 Å². The minimum absolute atomic E-state index is 0.655. The number of anilines is 1. The van der Waals surface area contributed by atoms with Gasteiger partial charge >= 0.3 is 0 Å². The van der Waals surface area contributed by atoms with Gasteiger partial charge in [-0.25, -0.2) is 0 Å². The van der Waals surface area contributed by atoms with Crippen LogP contribution in [-0.2, 0) is 6.54 Å². The molecule has 0 bridgehead atoms. The minimum atomic E-state index is 0.655. The molecule has 1 aromatic carbocycles. The first-order valence-electron chi connectivity index (χ1n) is 4.70. The second-order valence-corrected chi connectivity index (χ2v) is 3.84. The summed E-state index contributed by atoms with van der Waals surface area (Å²) in [5, 5.41) is 4.94. The zero-order valence-corrected chi connectivity index (χ0v) is 9.20. The fourth-order valence-electron chi connectivity index (χ4n) is 1.41. The molecule has 0 atom stereocenters. The van der Waals surface area contributed by atoms with Crippen molar-refractivity contribution in [3.63, 3.8) is 0 Å². The zero-order chi connectivity index (χ0) is 10.8. The van der Waals surface area contributed by atoms with Gasteiger partial charge in [-0.2, -0.15) is 5.10 Å². The monoisotopic (exact) mass is 221 g/mol. The van der Waals surface area contributed by atoms with Gasteiger partial charge in [-0.1, -0.05) is 29.8 Å². The standard InChI is InChI=1S/C11H12ClN3/c1-8-11(13)6-14-15(8)7-9-4-2-3-5-10(9)12/h2-6H,7,13H2,1H3. The first kappa shape index (κ1) is 10.1. The molecule has 3 nitrogen and oxygen atoms in total. The number of hydrogen-bond donors (Lipinski definition) is 1. The molecule has 0 spiro atoms. The average Bonchev–Trinajstić information content (AvgIpc) is 2.53. The lowest BCUT2D eigenvalue weighted by atomic mass is 10.2. The minimum Gasteiger partial charge on any atom is -0.396 e. The molecule has 0 unspecified atom stereocenters. The van der Waals surface area contributed by atoms with E-state index in [4.69, 9.17) is 17.3 Å². The van der Waals surface area contributed by atoms with Gasteiger partial charge in [-0.3, -0.25) is 4.68 Å². The number of aromatic nitrogens is 2. The van der Waals surface area contributed by atoms with Crippen molar-refractivity contribution in [1.29, 1.82) is 0 Å². The Balaban J connectivity index is 2.30. The molecule has 0 fully saturated rings. The summed E-state index contributed by atoms with van der Waals surface area (Å²) in [4.78, 5) is 0. The Hall–Kier alpha value is -1.48. The fourth-order valence-corrected chi connectivity index (χ4v) is 1.60. The van der Waals surface area contributed by atoms with E-state index in [1.165, 1.54) is 0 Å². The highest BCUT2D eigenvalue weighted by Crippen LogP contribution is 2.18. The fraction of sp³-hybridized carbons (Fsp3) is 0.182. The van der Waals surface area contributed by atoms with Crippen LogP contribution in [0.1, 0.15) is 11.3 Å². The van der Waals surface area contributed by atoms with Crippen LogP contribution >= 0.6 is 11.6 Å². The van der Waals surface area contributed by atoms with Crippen LogP contribution in [0.25, 0.3) is 0 Å². The normalized spacial score (nSPS) is 10.5. The van der Waals surface area contributed by atoms with Gasteiger partial charge in [-0.15, -0.1) is 0 Å². The van der Waals surface area contributed by atoms with Gasteiger partial charge in [0.05, 0.1) is 24.1 Å². The molecule has 0 aliphatic rings. The molecule has 0 radical (unpaired) electrons. The number of halogens is 1. The van der Waals surface area contributed by atoms with Crippen LogP contribution in [0, 0.1) is 6.92 Å². The topological polar surface area (TPSA) is 43.8 Å². The predicted octanol–water partition coefficient (Wildman–Crippen LogP) is 2.48. The van der Waals surface area contributed by atoms with E-state index < -0.39 is 0 Å². The van der Waals surface area contributed by atoms with Crippen molar-refractivity contribution in [2.24, 2.45) is 0 Å². The Morgan fingerprint density at radius 3 is 2.73 bits per heavy atom. The molecule has 78 valence electrons. The van der Waals surface area contributed by atoms with E-state index in [-0.39, 0.29) is 0 Å². The maximum atomic E-state index is 6.06. The van der Waals surface area contributed by atoms with Gasteiger partial charge < -0.3 is 5.73 Å². The van der Waals surface area contributed by atoms with Crippen molar-refractivity contribution in [3.8, 4) is 0 Å². The maximum Gasteiger partial charge on any atom is 0.0730 e. The van der Waals surface area contributed by atoms with Crippen molar-refractivity contribution in [3.05, 3.63) is 46.7 Å². The molecule has 1 aromatic heterocycles. The van der Waals surface area contributed by atoms with Crippen LogP contribution in [0.4, 0.5) is 5.69 Å². The summed E-state index contributed by atoms with van der Waals surface area (Å²) in [6.07, 6.45) is 1.66. The van der Waals surface area contributed by atoms with Gasteiger partial charge in [0.15, 0.2) is 0 Å². The van der Waals surface area contributed by atoms with Gasteiger partial charge in [0, 0.05) is 5.02 Å². The number of nitrogens with two attached hydrogens (primary N) is 1. The van der Waals surface area contributed by atoms with Crippen LogP contribution in [0.15, 0.2) is 30.5 Å². The summed E-state index contributed by atoms with van der Waals surface area (Å²) in [6.45, 7) is 2.60. The highest BCUT2D eigenvalue weighted by molar-refractivity contribution is 6.31. The quantitative estimate of drug-likeness (QED) is 0.847. The Bertz CT molecular complexity index is 476. The first-order chi connectivity index (χ1) is 7.18. The van der Waals surface area contributed by atoms with Crippen LogP contribution in [-0.4, -0.2) is 9.78 Å². The molecule has 1 heterocycles. The molecule has 0 saturated heterocycles. The molecular formula is C11H12ClN3. The summed E-state index contributed by atoms with van der Waals surface area (Å²) in [6, 6.07) is 7.73. The average molecular weight is 222 g/mol. The molecule has 0 saturated carbocycles. The van der Waals surface area contributed by atoms with Gasteiger partial charge in [0.2, 0.25) is 0 Å². The highest BCUT2D eigenvalue weighted by Gasteiger charge is 2.05. The number of nitrogens with zero attached hydrogens (tertiary/aromatic N) is 2. The second-order valence-electron chi connectivity index (χ2n) is 3.43. The lowest BCUT2D eigenvalue weighted by molar-refractivity contribution is 0.666. The maximum absolute atomic E-state index is 6.06. The van der Waals surface area contributed by atoms with Crippen molar-refractivity contribution in [2.75, 3.05) is 5.73 Å². The molecule has 2 aromatic rings. The molecular weight excluding hydrogens is 210 g/mol. The van der Waals surface area contributed by atoms with E-state index in [1.54, 1.807) is 6.20 Å². The Labute approximate surface area is 93.5 Å². The van der Waals surface area contributed by atoms with Gasteiger partial charge in [0.25, 0.3) is 0 Å². The van der Waals surface area contributed by atoms with Crippen molar-refractivity contribution >= 4 is 17.3 Å². The Morgan fingerprint density at radius 2 is 2.13 bits per heavy atom. The van der Waals surface area contributed by atoms with E-state index in [0.29, 0.717) is 12.2 Å². The molecule has 15 heavy (non-hydrogen) atoms.